The van der Waals surface area contributed by atoms with Crippen LogP contribution in [-0.4, -0.2) is 26.9 Å². The SMILES string of the molecule is CCCOCC=CCCCOC. The van der Waals surface area contributed by atoms with E-state index in [4.69, 9.17) is 9.47 Å². The molecule has 0 fully saturated rings. The molecular formula is C10H20O2. The Labute approximate surface area is 75.6 Å². The van der Waals surface area contributed by atoms with Crippen LogP contribution in [0, 0.1) is 0 Å². The van der Waals surface area contributed by atoms with Crippen molar-refractivity contribution in [3.8, 4) is 0 Å². The summed E-state index contributed by atoms with van der Waals surface area (Å²) in [6.45, 7) is 4.58. The largest absolute Gasteiger partial charge is 0.385 e. The minimum atomic E-state index is 0.751. The highest BCUT2D eigenvalue weighted by atomic mass is 16.5. The van der Waals surface area contributed by atoms with E-state index in [1.54, 1.807) is 7.11 Å². The third-order valence-electron chi connectivity index (χ3n) is 1.45. The number of rotatable bonds is 8. The Morgan fingerprint density at radius 3 is 2.67 bits per heavy atom. The molecule has 0 saturated heterocycles. The van der Waals surface area contributed by atoms with Crippen LogP contribution in [0.25, 0.3) is 0 Å². The van der Waals surface area contributed by atoms with E-state index >= 15 is 0 Å². The monoisotopic (exact) mass is 172 g/mol. The first-order chi connectivity index (χ1) is 5.91. The fraction of sp³-hybridized carbons (Fsp3) is 0.800. The van der Waals surface area contributed by atoms with Crippen LogP contribution in [0.2, 0.25) is 0 Å². The van der Waals surface area contributed by atoms with Gasteiger partial charge in [0.1, 0.15) is 0 Å². The second-order valence-electron chi connectivity index (χ2n) is 2.68. The van der Waals surface area contributed by atoms with Gasteiger partial charge in [-0.15, -0.1) is 0 Å². The molecule has 0 aliphatic rings. The predicted molar refractivity (Wildman–Crippen MR) is 51.4 cm³/mol. The normalized spacial score (nSPS) is 11.2. The fourth-order valence-corrected chi connectivity index (χ4v) is 0.827. The number of hydrogen-bond acceptors (Lipinski definition) is 2. The number of hydrogen-bond donors (Lipinski definition) is 0. The van der Waals surface area contributed by atoms with Crippen LogP contribution in [0.3, 0.4) is 0 Å². The van der Waals surface area contributed by atoms with Gasteiger partial charge in [-0.25, -0.2) is 0 Å². The van der Waals surface area contributed by atoms with E-state index in [1.807, 2.05) is 0 Å². The average Bonchev–Trinajstić information content (AvgIpc) is 2.10. The topological polar surface area (TPSA) is 18.5 Å². The van der Waals surface area contributed by atoms with E-state index in [-0.39, 0.29) is 0 Å². The standard InChI is InChI=1S/C10H20O2/c1-3-8-12-10-7-5-4-6-9-11-2/h5,7H,3-4,6,8-10H2,1-2H3. The van der Waals surface area contributed by atoms with Crippen molar-refractivity contribution < 1.29 is 9.47 Å². The summed E-state index contributed by atoms with van der Waals surface area (Å²) in [5.74, 6) is 0. The van der Waals surface area contributed by atoms with Crippen molar-refractivity contribution in [3.05, 3.63) is 12.2 Å². The van der Waals surface area contributed by atoms with E-state index in [0.717, 1.165) is 39.1 Å². The van der Waals surface area contributed by atoms with Gasteiger partial charge < -0.3 is 9.47 Å². The quantitative estimate of drug-likeness (QED) is 0.413. The van der Waals surface area contributed by atoms with Crippen LogP contribution in [0.5, 0.6) is 0 Å². The van der Waals surface area contributed by atoms with Crippen LogP contribution < -0.4 is 0 Å². The van der Waals surface area contributed by atoms with Gasteiger partial charge in [0.15, 0.2) is 0 Å². The minimum Gasteiger partial charge on any atom is -0.385 e. The molecule has 12 heavy (non-hydrogen) atoms. The van der Waals surface area contributed by atoms with E-state index < -0.39 is 0 Å². The number of ether oxygens (including phenoxy) is 2. The maximum absolute atomic E-state index is 5.27. The molecule has 0 bridgehead atoms. The molecule has 0 aliphatic heterocycles. The van der Waals surface area contributed by atoms with Crippen molar-refractivity contribution in [2.24, 2.45) is 0 Å². The molecule has 0 amide bonds. The van der Waals surface area contributed by atoms with Crippen molar-refractivity contribution in [1.29, 1.82) is 0 Å². The highest BCUT2D eigenvalue weighted by Crippen LogP contribution is 1.91. The molecule has 0 unspecified atom stereocenters. The Bertz CT molecular complexity index is 88.0. The van der Waals surface area contributed by atoms with E-state index in [9.17, 15) is 0 Å². The average molecular weight is 172 g/mol. The van der Waals surface area contributed by atoms with Gasteiger partial charge in [0.2, 0.25) is 0 Å². The van der Waals surface area contributed by atoms with Crippen molar-refractivity contribution in [3.63, 3.8) is 0 Å². The van der Waals surface area contributed by atoms with Gasteiger partial charge in [0.05, 0.1) is 6.61 Å². The highest BCUT2D eigenvalue weighted by Gasteiger charge is 1.82. The molecule has 0 saturated carbocycles. The van der Waals surface area contributed by atoms with Gasteiger partial charge in [0.25, 0.3) is 0 Å². The van der Waals surface area contributed by atoms with Crippen LogP contribution >= 0.6 is 0 Å². The second-order valence-corrected chi connectivity index (χ2v) is 2.68. The van der Waals surface area contributed by atoms with E-state index in [0.29, 0.717) is 0 Å². The highest BCUT2D eigenvalue weighted by molar-refractivity contribution is 4.80. The molecule has 0 N–H and O–H groups in total. The molecule has 0 aromatic rings. The van der Waals surface area contributed by atoms with Gasteiger partial charge in [-0.2, -0.15) is 0 Å². The molecule has 0 atom stereocenters. The lowest BCUT2D eigenvalue weighted by Gasteiger charge is -1.96. The summed E-state index contributed by atoms with van der Waals surface area (Å²) in [4.78, 5) is 0. The molecule has 2 nitrogen and oxygen atoms in total. The Morgan fingerprint density at radius 1 is 1.17 bits per heavy atom. The minimum absolute atomic E-state index is 0.751. The van der Waals surface area contributed by atoms with Crippen molar-refractivity contribution in [2.75, 3.05) is 26.9 Å². The molecule has 0 aromatic heterocycles. The lowest BCUT2D eigenvalue weighted by molar-refractivity contribution is 0.162. The first-order valence-corrected chi connectivity index (χ1v) is 4.63. The summed E-state index contributed by atoms with van der Waals surface area (Å²) in [5, 5.41) is 0. The first-order valence-electron chi connectivity index (χ1n) is 4.63. The van der Waals surface area contributed by atoms with Crippen molar-refractivity contribution in [2.45, 2.75) is 26.2 Å². The summed E-state index contributed by atoms with van der Waals surface area (Å²) in [6, 6.07) is 0. The van der Waals surface area contributed by atoms with Crippen LogP contribution in [-0.2, 0) is 9.47 Å². The molecule has 0 rings (SSSR count). The van der Waals surface area contributed by atoms with Gasteiger partial charge in [-0.1, -0.05) is 19.1 Å². The summed E-state index contributed by atoms with van der Waals surface area (Å²) < 4.78 is 10.2. The van der Waals surface area contributed by atoms with Crippen molar-refractivity contribution >= 4 is 0 Å². The molecule has 0 radical (unpaired) electrons. The Balaban J connectivity index is 2.93. The zero-order valence-electron chi connectivity index (χ0n) is 8.21. The third-order valence-corrected chi connectivity index (χ3v) is 1.45. The number of allylic oxidation sites excluding steroid dienone is 1. The lowest BCUT2D eigenvalue weighted by atomic mass is 10.3. The molecule has 2 heteroatoms. The summed E-state index contributed by atoms with van der Waals surface area (Å²) in [5.41, 5.74) is 0. The van der Waals surface area contributed by atoms with Gasteiger partial charge >= 0.3 is 0 Å². The Kier molecular flexibility index (Phi) is 10.4. The molecular weight excluding hydrogens is 152 g/mol. The lowest BCUT2D eigenvalue weighted by Crippen LogP contribution is -1.91. The Morgan fingerprint density at radius 2 is 2.00 bits per heavy atom. The molecule has 72 valence electrons. The van der Waals surface area contributed by atoms with Gasteiger partial charge in [0, 0.05) is 20.3 Å². The molecule has 0 spiro atoms. The summed E-state index contributed by atoms with van der Waals surface area (Å²) in [7, 11) is 1.73. The maximum atomic E-state index is 5.27. The molecule has 0 aromatic carbocycles. The van der Waals surface area contributed by atoms with Gasteiger partial charge in [-0.3, -0.25) is 0 Å². The van der Waals surface area contributed by atoms with E-state index in [2.05, 4.69) is 19.1 Å². The van der Waals surface area contributed by atoms with Crippen LogP contribution in [0.4, 0.5) is 0 Å². The van der Waals surface area contributed by atoms with E-state index in [1.165, 1.54) is 0 Å². The second kappa shape index (κ2) is 10.7. The zero-order valence-corrected chi connectivity index (χ0v) is 8.21. The zero-order chi connectivity index (χ0) is 9.07. The maximum Gasteiger partial charge on any atom is 0.0647 e. The number of methoxy groups -OCH3 is 1. The summed E-state index contributed by atoms with van der Waals surface area (Å²) in [6.07, 6.45) is 7.50. The van der Waals surface area contributed by atoms with Crippen LogP contribution in [0.15, 0.2) is 12.2 Å². The number of unbranched alkanes of at least 4 members (excludes halogenated alkanes) is 1. The smallest absolute Gasteiger partial charge is 0.0647 e. The van der Waals surface area contributed by atoms with Gasteiger partial charge in [-0.05, 0) is 19.3 Å². The summed E-state index contributed by atoms with van der Waals surface area (Å²) >= 11 is 0. The molecule has 0 aliphatic carbocycles. The van der Waals surface area contributed by atoms with Crippen LogP contribution in [0.1, 0.15) is 26.2 Å². The molecule has 0 heterocycles. The third kappa shape index (κ3) is 9.66. The first kappa shape index (κ1) is 11.7. The van der Waals surface area contributed by atoms with Crippen molar-refractivity contribution in [1.82, 2.24) is 0 Å². The fourth-order valence-electron chi connectivity index (χ4n) is 0.827. The Hall–Kier alpha value is -0.340. The predicted octanol–water partition coefficient (Wildman–Crippen LogP) is 2.40.